The molecule has 0 aliphatic carbocycles. The van der Waals surface area contributed by atoms with Crippen LogP contribution >= 0.6 is 0 Å². The number of sulfonamides is 1. The smallest absolute Gasteiger partial charge is 0.264 e. The molecular weight excluding hydrogens is 384 g/mol. The number of rotatable bonds is 4. The van der Waals surface area contributed by atoms with Crippen molar-refractivity contribution in [3.63, 3.8) is 0 Å². The molecule has 1 aliphatic rings. The van der Waals surface area contributed by atoms with Gasteiger partial charge in [0.05, 0.1) is 28.0 Å². The Morgan fingerprint density at radius 3 is 2.45 bits per heavy atom. The van der Waals surface area contributed by atoms with Gasteiger partial charge in [-0.05, 0) is 37.7 Å². The number of aryl methyl sites for hydroxylation is 1. The van der Waals surface area contributed by atoms with E-state index in [0.29, 0.717) is 10.6 Å². The molecule has 0 atom stereocenters. The highest BCUT2D eigenvalue weighted by Gasteiger charge is 2.24. The third-order valence-electron chi connectivity index (χ3n) is 5.61. The number of anilines is 2. The largest absolute Gasteiger partial charge is 0.367 e. The van der Waals surface area contributed by atoms with Crippen LogP contribution in [-0.2, 0) is 10.0 Å². The number of nitrogens with zero attached hydrogens (tertiary/aromatic N) is 4. The Balaban J connectivity index is 1.70. The van der Waals surface area contributed by atoms with Gasteiger partial charge in [-0.3, -0.25) is 9.29 Å². The molecule has 2 heterocycles. The molecule has 1 aromatic heterocycles. The highest BCUT2D eigenvalue weighted by molar-refractivity contribution is 7.92. The lowest BCUT2D eigenvalue weighted by Crippen LogP contribution is -2.44. The monoisotopic (exact) mass is 410 g/mol. The fraction of sp³-hybridized carbons (Fsp3) is 0.318. The molecule has 6 nitrogen and oxygen atoms in total. The van der Waals surface area contributed by atoms with Gasteiger partial charge in [0.1, 0.15) is 0 Å². The van der Waals surface area contributed by atoms with Crippen molar-refractivity contribution in [2.24, 2.45) is 0 Å². The maximum Gasteiger partial charge on any atom is 0.264 e. The van der Waals surface area contributed by atoms with E-state index in [1.165, 1.54) is 4.31 Å². The summed E-state index contributed by atoms with van der Waals surface area (Å²) in [5, 5.41) is 0.936. The average molecular weight is 411 g/mol. The number of piperazine rings is 1. The molecule has 0 saturated carbocycles. The molecule has 1 aliphatic heterocycles. The van der Waals surface area contributed by atoms with Crippen LogP contribution in [0.25, 0.3) is 10.9 Å². The molecular formula is C22H26N4O2S. The molecule has 0 radical (unpaired) electrons. The van der Waals surface area contributed by atoms with Crippen LogP contribution in [0.3, 0.4) is 0 Å². The summed E-state index contributed by atoms with van der Waals surface area (Å²) in [5.41, 5.74) is 3.29. The van der Waals surface area contributed by atoms with E-state index in [2.05, 4.69) is 27.9 Å². The molecule has 0 spiro atoms. The SMILES string of the molecule is Cc1ccccc1S(=O)(=O)N(C)c1cnc2c(N3CCN(C)CC3)cccc2c1. The van der Waals surface area contributed by atoms with Crippen LogP contribution < -0.4 is 9.21 Å². The standard InChI is InChI=1S/C22H26N4O2S/c1-17-7-4-5-10-21(17)29(27,28)25(3)19-15-18-8-6-9-20(22(18)23-16-19)26-13-11-24(2)12-14-26/h4-10,15-16H,11-14H2,1-3H3. The van der Waals surface area contributed by atoms with E-state index in [-0.39, 0.29) is 0 Å². The first kappa shape index (κ1) is 19.7. The summed E-state index contributed by atoms with van der Waals surface area (Å²) in [7, 11) is 0.0622. The van der Waals surface area contributed by atoms with E-state index in [1.807, 2.05) is 37.3 Å². The Hall–Kier alpha value is -2.64. The average Bonchev–Trinajstić information content (AvgIpc) is 2.73. The van der Waals surface area contributed by atoms with Gasteiger partial charge < -0.3 is 9.80 Å². The molecule has 0 amide bonds. The number of para-hydroxylation sites is 1. The van der Waals surface area contributed by atoms with Crippen LogP contribution in [0.1, 0.15) is 5.56 Å². The van der Waals surface area contributed by atoms with Crippen molar-refractivity contribution in [2.45, 2.75) is 11.8 Å². The molecule has 0 unspecified atom stereocenters. The number of aromatic nitrogens is 1. The van der Waals surface area contributed by atoms with E-state index in [1.54, 1.807) is 25.4 Å². The number of fused-ring (bicyclic) bond motifs is 1. The quantitative estimate of drug-likeness (QED) is 0.661. The second-order valence-electron chi connectivity index (χ2n) is 7.57. The third-order valence-corrected chi connectivity index (χ3v) is 7.56. The van der Waals surface area contributed by atoms with E-state index in [4.69, 9.17) is 0 Å². The molecule has 7 heteroatoms. The summed E-state index contributed by atoms with van der Waals surface area (Å²) in [5.74, 6) is 0. The lowest BCUT2D eigenvalue weighted by atomic mass is 10.1. The van der Waals surface area contributed by atoms with Crippen LogP contribution in [0.5, 0.6) is 0 Å². The van der Waals surface area contributed by atoms with Crippen LogP contribution in [0.4, 0.5) is 11.4 Å². The maximum atomic E-state index is 13.1. The number of pyridine rings is 1. The first-order valence-corrected chi connectivity index (χ1v) is 11.2. The summed E-state index contributed by atoms with van der Waals surface area (Å²) in [6.45, 7) is 5.76. The van der Waals surface area contributed by atoms with Gasteiger partial charge >= 0.3 is 0 Å². The second-order valence-corrected chi connectivity index (χ2v) is 9.51. The van der Waals surface area contributed by atoms with Crippen molar-refractivity contribution in [3.05, 3.63) is 60.3 Å². The number of hydrogen-bond donors (Lipinski definition) is 0. The zero-order chi connectivity index (χ0) is 20.6. The van der Waals surface area contributed by atoms with Crippen molar-refractivity contribution in [1.29, 1.82) is 0 Å². The molecule has 29 heavy (non-hydrogen) atoms. The van der Waals surface area contributed by atoms with Crippen molar-refractivity contribution in [2.75, 3.05) is 49.5 Å². The van der Waals surface area contributed by atoms with Crippen molar-refractivity contribution in [1.82, 2.24) is 9.88 Å². The van der Waals surface area contributed by atoms with E-state index >= 15 is 0 Å². The summed E-state index contributed by atoms with van der Waals surface area (Å²) in [4.78, 5) is 9.65. The minimum Gasteiger partial charge on any atom is -0.367 e. The van der Waals surface area contributed by atoms with Gasteiger partial charge in [-0.2, -0.15) is 0 Å². The van der Waals surface area contributed by atoms with Gasteiger partial charge in [0.15, 0.2) is 0 Å². The van der Waals surface area contributed by atoms with E-state index in [9.17, 15) is 8.42 Å². The predicted molar refractivity (Wildman–Crippen MR) is 118 cm³/mol. The first-order chi connectivity index (χ1) is 13.9. The fourth-order valence-electron chi connectivity index (χ4n) is 3.74. The summed E-state index contributed by atoms with van der Waals surface area (Å²) < 4.78 is 27.5. The molecule has 0 bridgehead atoms. The zero-order valence-electron chi connectivity index (χ0n) is 17.0. The van der Waals surface area contributed by atoms with Gasteiger partial charge in [-0.15, -0.1) is 0 Å². The first-order valence-electron chi connectivity index (χ1n) is 9.75. The fourth-order valence-corrected chi connectivity index (χ4v) is 5.14. The van der Waals surface area contributed by atoms with E-state index < -0.39 is 10.0 Å². The minimum absolute atomic E-state index is 0.314. The van der Waals surface area contributed by atoms with Gasteiger partial charge in [-0.25, -0.2) is 8.42 Å². The Bertz CT molecular complexity index is 1140. The molecule has 1 fully saturated rings. The Kier molecular flexibility index (Phi) is 5.19. The Morgan fingerprint density at radius 1 is 1.00 bits per heavy atom. The zero-order valence-corrected chi connectivity index (χ0v) is 17.9. The lowest BCUT2D eigenvalue weighted by molar-refractivity contribution is 0.313. The van der Waals surface area contributed by atoms with Gasteiger partial charge in [0, 0.05) is 38.6 Å². The van der Waals surface area contributed by atoms with Crippen LogP contribution in [0, 0.1) is 6.92 Å². The van der Waals surface area contributed by atoms with Gasteiger partial charge in [0.25, 0.3) is 10.0 Å². The van der Waals surface area contributed by atoms with Crippen LogP contribution in [-0.4, -0.2) is 58.6 Å². The van der Waals surface area contributed by atoms with Crippen molar-refractivity contribution >= 4 is 32.3 Å². The maximum absolute atomic E-state index is 13.1. The molecule has 3 aromatic rings. The molecule has 0 N–H and O–H groups in total. The van der Waals surface area contributed by atoms with Crippen LogP contribution in [0.2, 0.25) is 0 Å². The van der Waals surface area contributed by atoms with Crippen molar-refractivity contribution in [3.8, 4) is 0 Å². The summed E-state index contributed by atoms with van der Waals surface area (Å²) in [6.07, 6.45) is 1.65. The molecule has 1 saturated heterocycles. The summed E-state index contributed by atoms with van der Waals surface area (Å²) in [6, 6.07) is 15.0. The topological polar surface area (TPSA) is 56.8 Å². The highest BCUT2D eigenvalue weighted by Crippen LogP contribution is 2.30. The second kappa shape index (κ2) is 7.65. The van der Waals surface area contributed by atoms with E-state index in [0.717, 1.165) is 48.3 Å². The normalized spacial score (nSPS) is 15.6. The number of likely N-dealkylation sites (N-methyl/N-ethyl adjacent to an activating group) is 1. The number of hydrogen-bond acceptors (Lipinski definition) is 5. The molecule has 2 aromatic carbocycles. The van der Waals surface area contributed by atoms with Gasteiger partial charge in [-0.1, -0.05) is 30.3 Å². The van der Waals surface area contributed by atoms with Crippen LogP contribution in [0.15, 0.2) is 59.6 Å². The summed E-state index contributed by atoms with van der Waals surface area (Å²) >= 11 is 0. The van der Waals surface area contributed by atoms with Crippen molar-refractivity contribution < 1.29 is 8.42 Å². The Labute approximate surface area is 172 Å². The molecule has 152 valence electrons. The molecule has 4 rings (SSSR count). The predicted octanol–water partition coefficient (Wildman–Crippen LogP) is 3.12. The third kappa shape index (κ3) is 3.68. The lowest BCUT2D eigenvalue weighted by Gasteiger charge is -2.34. The van der Waals surface area contributed by atoms with Gasteiger partial charge in [0.2, 0.25) is 0 Å². The number of benzene rings is 2. The highest BCUT2D eigenvalue weighted by atomic mass is 32.2. The Morgan fingerprint density at radius 2 is 1.72 bits per heavy atom. The minimum atomic E-state index is -3.65.